The Labute approximate surface area is 203 Å². The zero-order chi connectivity index (χ0) is 23.7. The van der Waals surface area contributed by atoms with Crippen LogP contribution >= 0.6 is 11.8 Å². The van der Waals surface area contributed by atoms with Gasteiger partial charge in [-0.25, -0.2) is 0 Å². The number of carbonyl (C=O) groups excluding carboxylic acids is 2. The minimum Gasteiger partial charge on any atom is -0.378 e. The van der Waals surface area contributed by atoms with Crippen molar-refractivity contribution in [1.82, 2.24) is 0 Å². The van der Waals surface area contributed by atoms with Crippen LogP contribution in [0.1, 0.15) is 21.3 Å². The van der Waals surface area contributed by atoms with Crippen LogP contribution in [0.4, 0.5) is 17.1 Å². The molecule has 0 spiro atoms. The summed E-state index contributed by atoms with van der Waals surface area (Å²) in [6, 6.07) is 29.4. The molecule has 5 rings (SSSR count). The van der Waals surface area contributed by atoms with Gasteiger partial charge in [0.2, 0.25) is 5.91 Å². The van der Waals surface area contributed by atoms with E-state index < -0.39 is 0 Å². The van der Waals surface area contributed by atoms with E-state index in [2.05, 4.69) is 5.32 Å². The monoisotopic (exact) mass is 467 g/mol. The quantitative estimate of drug-likeness (QED) is 0.395. The molecule has 5 nitrogen and oxygen atoms in total. The second-order valence-corrected chi connectivity index (χ2v) is 9.51. The Bertz CT molecular complexity index is 1350. The standard InChI is InChI=1S/C28H25N3O2S/c1-30(2)22-14-16-23(17-15-22)31-26(32)18-34-28(31)20-10-12-21(13-11-20)29-27(33)25-9-5-7-19-6-3-4-8-24(19)25/h3-17,28H,18H2,1-2H3,(H,29,33)/t28-/m0/s1. The van der Waals surface area contributed by atoms with E-state index in [0.29, 0.717) is 11.3 Å². The summed E-state index contributed by atoms with van der Waals surface area (Å²) in [4.78, 5) is 29.5. The second kappa shape index (κ2) is 9.23. The van der Waals surface area contributed by atoms with Crippen molar-refractivity contribution >= 4 is 51.4 Å². The van der Waals surface area contributed by atoms with Crippen LogP contribution in [0.15, 0.2) is 91.0 Å². The Morgan fingerprint density at radius 2 is 1.62 bits per heavy atom. The number of nitrogens with zero attached hydrogens (tertiary/aromatic N) is 2. The molecule has 2 amide bonds. The van der Waals surface area contributed by atoms with Crippen molar-refractivity contribution in [2.45, 2.75) is 5.37 Å². The Hall–Kier alpha value is -3.77. The SMILES string of the molecule is CN(C)c1ccc(N2C(=O)CS[C@H]2c2ccc(NC(=O)c3cccc4ccccc34)cc2)cc1. The number of benzene rings is 4. The molecule has 1 N–H and O–H groups in total. The van der Waals surface area contributed by atoms with Crippen LogP contribution < -0.4 is 15.1 Å². The maximum Gasteiger partial charge on any atom is 0.256 e. The lowest BCUT2D eigenvalue weighted by Crippen LogP contribution is -2.27. The van der Waals surface area contributed by atoms with Gasteiger partial charge in [0.15, 0.2) is 0 Å². The Kier molecular flexibility index (Phi) is 5.99. The van der Waals surface area contributed by atoms with Gasteiger partial charge in [0.05, 0.1) is 5.75 Å². The molecule has 1 heterocycles. The Balaban J connectivity index is 1.35. The highest BCUT2D eigenvalue weighted by molar-refractivity contribution is 8.00. The first kappa shape index (κ1) is 22.0. The zero-order valence-corrected chi connectivity index (χ0v) is 19.9. The van der Waals surface area contributed by atoms with Crippen molar-refractivity contribution in [2.24, 2.45) is 0 Å². The Morgan fingerprint density at radius 1 is 0.912 bits per heavy atom. The van der Waals surface area contributed by atoms with Crippen molar-refractivity contribution in [2.75, 3.05) is 35.0 Å². The van der Waals surface area contributed by atoms with Crippen molar-refractivity contribution in [3.63, 3.8) is 0 Å². The van der Waals surface area contributed by atoms with Crippen LogP contribution in [0.5, 0.6) is 0 Å². The molecular weight excluding hydrogens is 442 g/mol. The van der Waals surface area contributed by atoms with Crippen LogP contribution in [-0.4, -0.2) is 31.7 Å². The fourth-order valence-electron chi connectivity index (χ4n) is 4.21. The number of anilines is 3. The lowest BCUT2D eigenvalue weighted by atomic mass is 10.0. The molecule has 0 aromatic heterocycles. The largest absolute Gasteiger partial charge is 0.378 e. The number of hydrogen-bond acceptors (Lipinski definition) is 4. The van der Waals surface area contributed by atoms with E-state index in [9.17, 15) is 9.59 Å². The highest BCUT2D eigenvalue weighted by atomic mass is 32.2. The van der Waals surface area contributed by atoms with E-state index in [-0.39, 0.29) is 17.2 Å². The minimum atomic E-state index is -0.141. The van der Waals surface area contributed by atoms with Gasteiger partial charge in [-0.2, -0.15) is 0 Å². The van der Waals surface area contributed by atoms with Gasteiger partial charge in [-0.1, -0.05) is 48.5 Å². The number of carbonyl (C=O) groups is 2. The third-order valence-corrected chi connectivity index (χ3v) is 7.21. The topological polar surface area (TPSA) is 52.6 Å². The van der Waals surface area contributed by atoms with Gasteiger partial charge < -0.3 is 10.2 Å². The number of fused-ring (bicyclic) bond motifs is 1. The molecule has 0 saturated carbocycles. The molecule has 34 heavy (non-hydrogen) atoms. The maximum atomic E-state index is 13.0. The molecular formula is C28H25N3O2S. The van der Waals surface area contributed by atoms with E-state index in [1.165, 1.54) is 0 Å². The van der Waals surface area contributed by atoms with E-state index in [1.807, 2.05) is 115 Å². The maximum absolute atomic E-state index is 13.0. The second-order valence-electron chi connectivity index (χ2n) is 8.44. The lowest BCUT2D eigenvalue weighted by molar-refractivity contribution is -0.115. The van der Waals surface area contributed by atoms with Gasteiger partial charge in [-0.05, 0) is 58.8 Å². The molecule has 6 heteroatoms. The molecule has 1 fully saturated rings. The van der Waals surface area contributed by atoms with E-state index in [1.54, 1.807) is 11.8 Å². The fraction of sp³-hybridized carbons (Fsp3) is 0.143. The number of amides is 2. The molecule has 0 bridgehead atoms. The summed E-state index contributed by atoms with van der Waals surface area (Å²) in [6.45, 7) is 0. The molecule has 0 unspecified atom stereocenters. The van der Waals surface area contributed by atoms with Gasteiger partial charge in [0.25, 0.3) is 5.91 Å². The fourth-order valence-corrected chi connectivity index (χ4v) is 5.39. The van der Waals surface area contributed by atoms with Gasteiger partial charge in [-0.3, -0.25) is 14.5 Å². The molecule has 170 valence electrons. The Morgan fingerprint density at radius 3 is 2.35 bits per heavy atom. The van der Waals surface area contributed by atoms with Crippen molar-refractivity contribution in [3.05, 3.63) is 102 Å². The van der Waals surface area contributed by atoms with Crippen LogP contribution in [0.2, 0.25) is 0 Å². The van der Waals surface area contributed by atoms with Crippen molar-refractivity contribution in [3.8, 4) is 0 Å². The number of nitrogens with one attached hydrogen (secondary N) is 1. The highest BCUT2D eigenvalue weighted by Gasteiger charge is 2.34. The van der Waals surface area contributed by atoms with Crippen molar-refractivity contribution < 1.29 is 9.59 Å². The summed E-state index contributed by atoms with van der Waals surface area (Å²) >= 11 is 1.61. The predicted molar refractivity (Wildman–Crippen MR) is 142 cm³/mol. The molecule has 1 saturated heterocycles. The van der Waals surface area contributed by atoms with Gasteiger partial charge in [0, 0.05) is 36.7 Å². The molecule has 1 atom stereocenters. The third-order valence-electron chi connectivity index (χ3n) is 6.00. The molecule has 1 aliphatic heterocycles. The first-order valence-corrected chi connectivity index (χ1v) is 12.2. The smallest absolute Gasteiger partial charge is 0.256 e. The predicted octanol–water partition coefficient (Wildman–Crippen LogP) is 5.94. The molecule has 1 aliphatic rings. The molecule has 0 aliphatic carbocycles. The lowest BCUT2D eigenvalue weighted by Gasteiger charge is -2.25. The van der Waals surface area contributed by atoms with E-state index in [4.69, 9.17) is 0 Å². The average molecular weight is 468 g/mol. The summed E-state index contributed by atoms with van der Waals surface area (Å²) in [5.74, 6) is 0.401. The first-order chi connectivity index (χ1) is 16.5. The molecule has 4 aromatic carbocycles. The highest BCUT2D eigenvalue weighted by Crippen LogP contribution is 2.42. The van der Waals surface area contributed by atoms with Crippen LogP contribution in [0.25, 0.3) is 10.8 Å². The van der Waals surface area contributed by atoms with Crippen LogP contribution in [0, 0.1) is 0 Å². The molecule has 4 aromatic rings. The van der Waals surface area contributed by atoms with Crippen LogP contribution in [0.3, 0.4) is 0 Å². The summed E-state index contributed by atoms with van der Waals surface area (Å²) in [6.07, 6.45) is 0. The van der Waals surface area contributed by atoms with Crippen LogP contribution in [-0.2, 0) is 4.79 Å². The normalized spacial score (nSPS) is 15.5. The third kappa shape index (κ3) is 4.24. The summed E-state index contributed by atoms with van der Waals surface area (Å²) in [5.41, 5.74) is 4.37. The van der Waals surface area contributed by atoms with Gasteiger partial charge in [-0.15, -0.1) is 11.8 Å². The summed E-state index contributed by atoms with van der Waals surface area (Å²) in [5, 5.41) is 4.87. The van der Waals surface area contributed by atoms with Crippen molar-refractivity contribution in [1.29, 1.82) is 0 Å². The van der Waals surface area contributed by atoms with E-state index >= 15 is 0 Å². The van der Waals surface area contributed by atoms with Gasteiger partial charge >= 0.3 is 0 Å². The number of hydrogen-bond donors (Lipinski definition) is 1. The minimum absolute atomic E-state index is 0.0967. The zero-order valence-electron chi connectivity index (χ0n) is 19.1. The summed E-state index contributed by atoms with van der Waals surface area (Å²) < 4.78 is 0. The van der Waals surface area contributed by atoms with E-state index in [0.717, 1.165) is 33.4 Å². The number of rotatable bonds is 5. The molecule has 0 radical (unpaired) electrons. The first-order valence-electron chi connectivity index (χ1n) is 11.1. The number of thioether (sulfide) groups is 1. The summed E-state index contributed by atoms with van der Waals surface area (Å²) in [7, 11) is 3.99. The van der Waals surface area contributed by atoms with Gasteiger partial charge in [0.1, 0.15) is 5.37 Å². The average Bonchev–Trinajstić information content (AvgIpc) is 3.25.